The molecule has 0 unspecified atom stereocenters. The van der Waals surface area contributed by atoms with Crippen LogP contribution in [0.15, 0.2) is 29.2 Å². The highest BCUT2D eigenvalue weighted by Crippen LogP contribution is 2.27. The molecule has 1 amide bonds. The van der Waals surface area contributed by atoms with Crippen LogP contribution < -0.4 is 10.0 Å². The second kappa shape index (κ2) is 9.97. The third-order valence-corrected chi connectivity index (χ3v) is 9.94. The van der Waals surface area contributed by atoms with E-state index in [1.54, 1.807) is 26.0 Å². The number of carbonyl (C=O) groups is 1. The number of anilines is 1. The van der Waals surface area contributed by atoms with Gasteiger partial charge in [-0.15, -0.1) is 0 Å². The zero-order valence-electron chi connectivity index (χ0n) is 18.2. The van der Waals surface area contributed by atoms with E-state index in [9.17, 15) is 21.6 Å². The van der Waals surface area contributed by atoms with E-state index in [1.807, 2.05) is 0 Å². The molecule has 3 rings (SSSR count). The van der Waals surface area contributed by atoms with E-state index in [0.717, 1.165) is 19.3 Å². The average molecular weight is 472 g/mol. The van der Waals surface area contributed by atoms with Crippen molar-refractivity contribution in [2.75, 3.05) is 18.4 Å². The van der Waals surface area contributed by atoms with Crippen LogP contribution in [0.25, 0.3) is 0 Å². The molecule has 0 radical (unpaired) electrons. The molecular formula is C21H33N3O5S2. The number of carbonyl (C=O) groups excluding carboxylic acids is 1. The Morgan fingerprint density at radius 2 is 1.52 bits per heavy atom. The first-order valence-electron chi connectivity index (χ1n) is 11.0. The highest BCUT2D eigenvalue weighted by Gasteiger charge is 2.30. The molecule has 0 bridgehead atoms. The first kappa shape index (κ1) is 24.2. The van der Waals surface area contributed by atoms with Gasteiger partial charge >= 0.3 is 0 Å². The monoisotopic (exact) mass is 471 g/mol. The van der Waals surface area contributed by atoms with Crippen molar-refractivity contribution < 1.29 is 21.6 Å². The smallest absolute Gasteiger partial charge is 0.243 e. The van der Waals surface area contributed by atoms with E-state index in [1.165, 1.54) is 16.4 Å². The lowest BCUT2D eigenvalue weighted by Gasteiger charge is -2.29. The third kappa shape index (κ3) is 6.06. The molecule has 1 aliphatic carbocycles. The Kier molecular flexibility index (Phi) is 7.77. The second-order valence-corrected chi connectivity index (χ2v) is 12.9. The summed E-state index contributed by atoms with van der Waals surface area (Å²) in [5, 5.41) is 2.39. The molecule has 8 nitrogen and oxygen atoms in total. The lowest BCUT2D eigenvalue weighted by atomic mass is 9.86. The Bertz CT molecular complexity index is 961. The Hall–Kier alpha value is -1.49. The van der Waals surface area contributed by atoms with Gasteiger partial charge in [0.15, 0.2) is 0 Å². The minimum atomic E-state index is -3.49. The van der Waals surface area contributed by atoms with Crippen LogP contribution >= 0.6 is 0 Å². The van der Waals surface area contributed by atoms with E-state index in [2.05, 4.69) is 10.0 Å². The molecule has 1 saturated heterocycles. The predicted octanol–water partition coefficient (Wildman–Crippen LogP) is 2.69. The van der Waals surface area contributed by atoms with Crippen LogP contribution in [0.2, 0.25) is 0 Å². The van der Waals surface area contributed by atoms with Crippen molar-refractivity contribution in [3.63, 3.8) is 0 Å². The molecule has 1 saturated carbocycles. The first-order valence-corrected chi connectivity index (χ1v) is 14.0. The lowest BCUT2D eigenvalue weighted by Crippen LogP contribution is -2.42. The maximum absolute atomic E-state index is 12.7. The normalized spacial score (nSPS) is 23.6. The van der Waals surface area contributed by atoms with Crippen molar-refractivity contribution in [2.45, 2.75) is 75.0 Å². The number of sulfonamides is 2. The molecule has 1 aromatic rings. The Morgan fingerprint density at radius 1 is 0.935 bits per heavy atom. The van der Waals surface area contributed by atoms with Crippen LogP contribution in [0.3, 0.4) is 0 Å². The van der Waals surface area contributed by atoms with Crippen molar-refractivity contribution >= 4 is 31.6 Å². The van der Waals surface area contributed by atoms with Crippen LogP contribution in [0.1, 0.15) is 58.8 Å². The minimum Gasteiger partial charge on any atom is -0.326 e. The molecule has 0 spiro atoms. The number of benzene rings is 1. The number of rotatable bonds is 7. The Morgan fingerprint density at radius 3 is 2.06 bits per heavy atom. The summed E-state index contributed by atoms with van der Waals surface area (Å²) in [6.07, 6.45) is 5.29. The van der Waals surface area contributed by atoms with Gasteiger partial charge in [0.25, 0.3) is 0 Å². The van der Waals surface area contributed by atoms with Crippen LogP contribution in [-0.2, 0) is 24.8 Å². The SMILES string of the molecule is CC(C)S(=O)(=O)N[C@H]1CC[C@H](C(=O)Nc2ccc(S(=O)(=O)N3CCCCC3)cc2)CC1. The van der Waals surface area contributed by atoms with Crippen LogP contribution in [0.5, 0.6) is 0 Å². The zero-order chi connectivity index (χ0) is 22.6. The standard InChI is InChI=1S/C21H33N3O5S2/c1-16(2)30(26,27)23-19-8-6-17(7-9-19)21(25)22-18-10-12-20(13-11-18)31(28,29)24-14-4-3-5-15-24/h10-13,16-17,19,23H,3-9,14-15H2,1-2H3,(H,22,25)/t17-,19-. The van der Waals surface area contributed by atoms with E-state index < -0.39 is 25.3 Å². The molecule has 2 aliphatic rings. The number of amides is 1. The van der Waals surface area contributed by atoms with Crippen LogP contribution in [0.4, 0.5) is 5.69 Å². The summed E-state index contributed by atoms with van der Waals surface area (Å²) in [7, 11) is -6.80. The summed E-state index contributed by atoms with van der Waals surface area (Å²) in [5.41, 5.74) is 0.560. The number of hydrogen-bond donors (Lipinski definition) is 2. The summed E-state index contributed by atoms with van der Waals surface area (Å²) < 4.78 is 53.8. The van der Waals surface area contributed by atoms with Crippen molar-refractivity contribution in [2.24, 2.45) is 5.92 Å². The summed E-state index contributed by atoms with van der Waals surface area (Å²) in [5.74, 6) is -0.298. The summed E-state index contributed by atoms with van der Waals surface area (Å²) in [6, 6.07) is 6.19. The molecular weight excluding hydrogens is 438 g/mol. The fourth-order valence-corrected chi connectivity index (χ4v) is 6.54. The van der Waals surface area contributed by atoms with Crippen molar-refractivity contribution in [3.8, 4) is 0 Å². The molecule has 31 heavy (non-hydrogen) atoms. The summed E-state index contributed by atoms with van der Waals surface area (Å²) in [6.45, 7) is 4.39. The highest BCUT2D eigenvalue weighted by atomic mass is 32.2. The second-order valence-electron chi connectivity index (χ2n) is 8.74. The van der Waals surface area contributed by atoms with Gasteiger partial charge in [-0.2, -0.15) is 4.31 Å². The first-order chi connectivity index (χ1) is 14.6. The van der Waals surface area contributed by atoms with Gasteiger partial charge in [0, 0.05) is 30.7 Å². The summed E-state index contributed by atoms with van der Waals surface area (Å²) >= 11 is 0. The quantitative estimate of drug-likeness (QED) is 0.635. The number of hydrogen-bond acceptors (Lipinski definition) is 5. The van der Waals surface area contributed by atoms with Gasteiger partial charge in [-0.1, -0.05) is 6.42 Å². The molecule has 1 heterocycles. The maximum Gasteiger partial charge on any atom is 0.243 e. The zero-order valence-corrected chi connectivity index (χ0v) is 19.8. The van der Waals surface area contributed by atoms with Crippen LogP contribution in [0, 0.1) is 5.92 Å². The molecule has 174 valence electrons. The predicted molar refractivity (Wildman–Crippen MR) is 121 cm³/mol. The minimum absolute atomic E-state index is 0.114. The molecule has 2 N–H and O–H groups in total. The molecule has 10 heteroatoms. The average Bonchev–Trinajstić information content (AvgIpc) is 2.75. The molecule has 0 aromatic heterocycles. The van der Waals surface area contributed by atoms with Crippen LogP contribution in [-0.4, -0.2) is 51.4 Å². The number of piperidine rings is 1. The van der Waals surface area contributed by atoms with E-state index in [-0.39, 0.29) is 22.8 Å². The van der Waals surface area contributed by atoms with Gasteiger partial charge in [0.2, 0.25) is 26.0 Å². The van der Waals surface area contributed by atoms with Gasteiger partial charge in [0.05, 0.1) is 10.1 Å². The highest BCUT2D eigenvalue weighted by molar-refractivity contribution is 7.90. The van der Waals surface area contributed by atoms with Gasteiger partial charge < -0.3 is 5.32 Å². The topological polar surface area (TPSA) is 113 Å². The van der Waals surface area contributed by atoms with Gasteiger partial charge in [0.1, 0.15) is 0 Å². The van der Waals surface area contributed by atoms with Crippen molar-refractivity contribution in [1.29, 1.82) is 0 Å². The van der Waals surface area contributed by atoms with Gasteiger partial charge in [-0.05, 0) is 76.6 Å². The lowest BCUT2D eigenvalue weighted by molar-refractivity contribution is -0.120. The number of nitrogens with one attached hydrogen (secondary N) is 2. The molecule has 0 atom stereocenters. The van der Waals surface area contributed by atoms with Gasteiger partial charge in [-0.3, -0.25) is 4.79 Å². The molecule has 2 fully saturated rings. The van der Waals surface area contributed by atoms with E-state index in [0.29, 0.717) is 44.5 Å². The molecule has 1 aromatic carbocycles. The van der Waals surface area contributed by atoms with E-state index in [4.69, 9.17) is 0 Å². The van der Waals surface area contributed by atoms with Crippen molar-refractivity contribution in [1.82, 2.24) is 9.03 Å². The fraction of sp³-hybridized carbons (Fsp3) is 0.667. The Balaban J connectivity index is 1.53. The largest absolute Gasteiger partial charge is 0.326 e. The third-order valence-electron chi connectivity index (χ3n) is 6.12. The Labute approximate surface area is 185 Å². The maximum atomic E-state index is 12.7. The fourth-order valence-electron chi connectivity index (χ4n) is 4.05. The molecule has 1 aliphatic heterocycles. The van der Waals surface area contributed by atoms with Gasteiger partial charge in [-0.25, -0.2) is 21.6 Å². The number of nitrogens with zero attached hydrogens (tertiary/aromatic N) is 1. The van der Waals surface area contributed by atoms with Crippen molar-refractivity contribution in [3.05, 3.63) is 24.3 Å². The summed E-state index contributed by atoms with van der Waals surface area (Å²) in [4.78, 5) is 12.9. The van der Waals surface area contributed by atoms with E-state index >= 15 is 0 Å².